The number of ether oxygens (including phenoxy) is 2. The summed E-state index contributed by atoms with van der Waals surface area (Å²) >= 11 is 12.5. The molecule has 3 aromatic rings. The van der Waals surface area contributed by atoms with Gasteiger partial charge in [-0.15, -0.1) is 0 Å². The zero-order valence-electron chi connectivity index (χ0n) is 19.3. The molecule has 8 heteroatoms. The molecule has 35 heavy (non-hydrogen) atoms. The first-order chi connectivity index (χ1) is 16.8. The van der Waals surface area contributed by atoms with Gasteiger partial charge >= 0.3 is 0 Å². The van der Waals surface area contributed by atoms with Crippen LogP contribution in [0.2, 0.25) is 10.0 Å². The molecule has 0 aromatic heterocycles. The first kappa shape index (κ1) is 24.6. The van der Waals surface area contributed by atoms with Gasteiger partial charge in [-0.25, -0.2) is 0 Å². The van der Waals surface area contributed by atoms with Crippen LogP contribution >= 0.6 is 23.2 Å². The number of carbonyl (C=O) groups is 2. The lowest BCUT2D eigenvalue weighted by Crippen LogP contribution is -2.29. The van der Waals surface area contributed by atoms with Crippen molar-refractivity contribution in [1.82, 2.24) is 0 Å². The molecule has 180 valence electrons. The Morgan fingerprint density at radius 1 is 1.06 bits per heavy atom. The molecule has 1 aliphatic rings. The molecule has 1 saturated heterocycles. The number of aryl methyl sites for hydroxylation is 1. The largest absolute Gasteiger partial charge is 0.507 e. The molecular formula is C27H23Cl2NO5. The van der Waals surface area contributed by atoms with Crippen LogP contribution in [0, 0.1) is 6.92 Å². The molecular weight excluding hydrogens is 489 g/mol. The number of hydrogen-bond acceptors (Lipinski definition) is 5. The third-order valence-corrected chi connectivity index (χ3v) is 6.20. The second-order valence-corrected chi connectivity index (χ2v) is 8.82. The number of nitrogens with zero attached hydrogens (tertiary/aromatic N) is 1. The molecule has 1 N–H and O–H groups in total. The number of anilines is 1. The van der Waals surface area contributed by atoms with Crippen molar-refractivity contribution in [2.24, 2.45) is 0 Å². The number of ketones is 1. The van der Waals surface area contributed by atoms with Crippen LogP contribution in [0.4, 0.5) is 5.69 Å². The van der Waals surface area contributed by atoms with Gasteiger partial charge in [-0.05, 0) is 67.4 Å². The van der Waals surface area contributed by atoms with E-state index >= 15 is 0 Å². The number of halogens is 2. The van der Waals surface area contributed by atoms with E-state index in [1.165, 1.54) is 12.0 Å². The van der Waals surface area contributed by atoms with Crippen LogP contribution in [-0.4, -0.2) is 30.5 Å². The smallest absolute Gasteiger partial charge is 0.300 e. The quantitative estimate of drug-likeness (QED) is 0.237. The second kappa shape index (κ2) is 10.0. The van der Waals surface area contributed by atoms with Crippen LogP contribution in [-0.2, 0) is 9.59 Å². The maximum Gasteiger partial charge on any atom is 0.300 e. The monoisotopic (exact) mass is 511 g/mol. The van der Waals surface area contributed by atoms with E-state index in [-0.39, 0.29) is 27.7 Å². The standard InChI is InChI=1S/C27H23Cl2NO5/c1-4-35-19-10-8-16(9-11-19)23-22(24(31)20-12-15(2)13-21(29)26(20)34-3)25(32)27(33)30(23)18-7-5-6-17(28)14-18/h5-14,23,31H,4H2,1-3H3/b24-22+. The molecule has 0 radical (unpaired) electrons. The third-order valence-electron chi connectivity index (χ3n) is 5.68. The SMILES string of the molecule is CCOc1ccc(C2/C(=C(\O)c3cc(C)cc(Cl)c3OC)C(=O)C(=O)N2c2cccc(Cl)c2)cc1. The molecule has 0 bridgehead atoms. The second-order valence-electron chi connectivity index (χ2n) is 7.98. The van der Waals surface area contributed by atoms with E-state index in [1.54, 1.807) is 67.6 Å². The zero-order valence-corrected chi connectivity index (χ0v) is 20.9. The molecule has 1 heterocycles. The summed E-state index contributed by atoms with van der Waals surface area (Å²) in [5, 5.41) is 12.1. The average Bonchev–Trinajstić information content (AvgIpc) is 3.09. The molecule has 1 amide bonds. The number of amides is 1. The first-order valence-electron chi connectivity index (χ1n) is 10.9. The number of methoxy groups -OCH3 is 1. The van der Waals surface area contributed by atoms with Gasteiger partial charge in [0.05, 0.1) is 35.9 Å². The third kappa shape index (κ3) is 4.59. The highest BCUT2D eigenvalue weighted by molar-refractivity contribution is 6.52. The number of benzene rings is 3. The van der Waals surface area contributed by atoms with Gasteiger partial charge in [0.25, 0.3) is 11.7 Å². The fourth-order valence-corrected chi connectivity index (χ4v) is 4.75. The van der Waals surface area contributed by atoms with Crippen molar-refractivity contribution in [2.45, 2.75) is 19.9 Å². The molecule has 3 aromatic carbocycles. The molecule has 1 unspecified atom stereocenters. The van der Waals surface area contributed by atoms with Crippen LogP contribution in [0.15, 0.2) is 66.2 Å². The van der Waals surface area contributed by atoms with Gasteiger partial charge in [-0.2, -0.15) is 0 Å². The Hall–Kier alpha value is -3.48. The van der Waals surface area contributed by atoms with E-state index in [2.05, 4.69) is 0 Å². The van der Waals surface area contributed by atoms with Crippen molar-refractivity contribution in [1.29, 1.82) is 0 Å². The number of hydrogen-bond donors (Lipinski definition) is 1. The van der Waals surface area contributed by atoms with Gasteiger partial charge in [0, 0.05) is 10.7 Å². The van der Waals surface area contributed by atoms with E-state index in [0.717, 1.165) is 5.56 Å². The molecule has 0 saturated carbocycles. The van der Waals surface area contributed by atoms with E-state index in [0.29, 0.717) is 28.6 Å². The summed E-state index contributed by atoms with van der Waals surface area (Å²) in [4.78, 5) is 28.0. The molecule has 0 spiro atoms. The zero-order chi connectivity index (χ0) is 25.3. The normalized spacial score (nSPS) is 17.1. The van der Waals surface area contributed by atoms with Crippen molar-refractivity contribution in [3.63, 3.8) is 0 Å². The summed E-state index contributed by atoms with van der Waals surface area (Å²) in [5.41, 5.74) is 1.91. The summed E-state index contributed by atoms with van der Waals surface area (Å²) in [6.45, 7) is 4.17. The molecule has 6 nitrogen and oxygen atoms in total. The van der Waals surface area contributed by atoms with Gasteiger partial charge in [-0.1, -0.05) is 41.4 Å². The van der Waals surface area contributed by atoms with Crippen molar-refractivity contribution in [3.05, 3.63) is 93.0 Å². The first-order valence-corrected chi connectivity index (χ1v) is 11.7. The Balaban J connectivity index is 1.98. The minimum Gasteiger partial charge on any atom is -0.507 e. The Morgan fingerprint density at radius 3 is 2.40 bits per heavy atom. The lowest BCUT2D eigenvalue weighted by atomic mass is 9.94. The predicted octanol–water partition coefficient (Wildman–Crippen LogP) is 6.34. The van der Waals surface area contributed by atoms with Crippen LogP contribution < -0.4 is 14.4 Å². The topological polar surface area (TPSA) is 76.1 Å². The average molecular weight is 512 g/mol. The van der Waals surface area contributed by atoms with Crippen molar-refractivity contribution in [3.8, 4) is 11.5 Å². The number of Topliss-reactive ketones (excluding diaryl/α,β-unsaturated/α-hetero) is 1. The lowest BCUT2D eigenvalue weighted by Gasteiger charge is -2.26. The molecule has 1 atom stereocenters. The summed E-state index contributed by atoms with van der Waals surface area (Å²) in [5.74, 6) is -1.15. The van der Waals surface area contributed by atoms with Gasteiger partial charge in [-0.3, -0.25) is 14.5 Å². The number of carbonyl (C=O) groups excluding carboxylic acids is 2. The highest BCUT2D eigenvalue weighted by Crippen LogP contribution is 2.45. The van der Waals surface area contributed by atoms with Gasteiger partial charge in [0.15, 0.2) is 0 Å². The van der Waals surface area contributed by atoms with E-state index in [9.17, 15) is 14.7 Å². The van der Waals surface area contributed by atoms with Crippen LogP contribution in [0.3, 0.4) is 0 Å². The highest BCUT2D eigenvalue weighted by atomic mass is 35.5. The lowest BCUT2D eigenvalue weighted by molar-refractivity contribution is -0.132. The van der Waals surface area contributed by atoms with Crippen molar-refractivity contribution < 1.29 is 24.2 Å². The van der Waals surface area contributed by atoms with E-state index < -0.39 is 17.7 Å². The van der Waals surface area contributed by atoms with E-state index in [4.69, 9.17) is 32.7 Å². The molecule has 1 fully saturated rings. The molecule has 0 aliphatic carbocycles. The summed E-state index contributed by atoms with van der Waals surface area (Å²) in [6.07, 6.45) is 0. The summed E-state index contributed by atoms with van der Waals surface area (Å²) in [6, 6.07) is 16.1. The van der Waals surface area contributed by atoms with Crippen molar-refractivity contribution in [2.75, 3.05) is 18.6 Å². The van der Waals surface area contributed by atoms with Gasteiger partial charge in [0.1, 0.15) is 17.3 Å². The highest BCUT2D eigenvalue weighted by Gasteiger charge is 2.47. The Bertz CT molecular complexity index is 1330. The summed E-state index contributed by atoms with van der Waals surface area (Å²) in [7, 11) is 1.42. The molecule has 4 rings (SSSR count). The Morgan fingerprint density at radius 2 is 1.77 bits per heavy atom. The minimum absolute atomic E-state index is 0.0842. The van der Waals surface area contributed by atoms with Crippen LogP contribution in [0.1, 0.15) is 29.7 Å². The van der Waals surface area contributed by atoms with E-state index in [1.807, 2.05) is 6.92 Å². The summed E-state index contributed by atoms with van der Waals surface area (Å²) < 4.78 is 11.0. The number of rotatable bonds is 6. The van der Waals surface area contributed by atoms with Crippen molar-refractivity contribution >= 4 is 46.3 Å². The Kier molecular flexibility index (Phi) is 7.05. The van der Waals surface area contributed by atoms with Crippen LogP contribution in [0.25, 0.3) is 5.76 Å². The van der Waals surface area contributed by atoms with Crippen LogP contribution in [0.5, 0.6) is 11.5 Å². The predicted molar refractivity (Wildman–Crippen MR) is 137 cm³/mol. The maximum absolute atomic E-state index is 13.4. The molecule has 1 aliphatic heterocycles. The van der Waals surface area contributed by atoms with Gasteiger partial charge < -0.3 is 14.6 Å². The number of aliphatic hydroxyl groups excluding tert-OH is 1. The van der Waals surface area contributed by atoms with Gasteiger partial charge in [0.2, 0.25) is 0 Å². The number of aliphatic hydroxyl groups is 1. The fourth-order valence-electron chi connectivity index (χ4n) is 4.21. The minimum atomic E-state index is -0.923. The maximum atomic E-state index is 13.4. The fraction of sp³-hybridized carbons (Fsp3) is 0.185. The Labute approximate surface area is 213 Å².